The van der Waals surface area contributed by atoms with Gasteiger partial charge in [0.25, 0.3) is 5.91 Å². The van der Waals surface area contributed by atoms with Gasteiger partial charge in [0.05, 0.1) is 42.1 Å². The summed E-state index contributed by atoms with van der Waals surface area (Å²) in [6.45, 7) is 4.50. The Kier molecular flexibility index (Phi) is 5.26. The van der Waals surface area contributed by atoms with Crippen molar-refractivity contribution in [3.8, 4) is 17.0 Å². The fourth-order valence-corrected chi connectivity index (χ4v) is 4.84. The van der Waals surface area contributed by atoms with E-state index in [1.54, 1.807) is 13.3 Å². The molecule has 3 N–H and O–H groups in total. The predicted octanol–water partition coefficient (Wildman–Crippen LogP) is 3.37. The van der Waals surface area contributed by atoms with Gasteiger partial charge in [0.1, 0.15) is 11.6 Å². The molecule has 0 spiro atoms. The van der Waals surface area contributed by atoms with Crippen LogP contribution in [-0.2, 0) is 6.54 Å². The number of anilines is 3. The van der Waals surface area contributed by atoms with Gasteiger partial charge >= 0.3 is 0 Å². The second-order valence-electron chi connectivity index (χ2n) is 8.99. The summed E-state index contributed by atoms with van der Waals surface area (Å²) in [5.41, 5.74) is 5.94. The number of amides is 1. The minimum atomic E-state index is -0.113. The van der Waals surface area contributed by atoms with Crippen LogP contribution in [0.25, 0.3) is 22.2 Å². The van der Waals surface area contributed by atoms with Crippen molar-refractivity contribution in [1.82, 2.24) is 25.2 Å². The second kappa shape index (κ2) is 8.59. The maximum Gasteiger partial charge on any atom is 0.254 e. The quantitative estimate of drug-likeness (QED) is 0.412. The molecule has 0 radical (unpaired) electrons. The Morgan fingerprint density at radius 1 is 1.06 bits per heavy atom. The van der Waals surface area contributed by atoms with E-state index in [1.807, 2.05) is 36.7 Å². The Balaban J connectivity index is 1.31. The molecule has 2 aliphatic rings. The third kappa shape index (κ3) is 3.83. The Morgan fingerprint density at radius 2 is 1.91 bits per heavy atom. The van der Waals surface area contributed by atoms with E-state index in [0.29, 0.717) is 23.6 Å². The number of pyridine rings is 2. The highest BCUT2D eigenvalue weighted by Crippen LogP contribution is 2.37. The third-order valence-corrected chi connectivity index (χ3v) is 6.86. The number of hydrogen-bond acceptors (Lipinski definition) is 7. The van der Waals surface area contributed by atoms with Crippen LogP contribution in [0.3, 0.4) is 0 Å². The number of fused-ring (bicyclic) bond motifs is 2. The normalized spacial score (nSPS) is 15.8. The molecule has 5 heterocycles. The highest BCUT2D eigenvalue weighted by Gasteiger charge is 2.28. The van der Waals surface area contributed by atoms with Gasteiger partial charge in [0.15, 0.2) is 0 Å². The first-order valence-electron chi connectivity index (χ1n) is 11.7. The Bertz CT molecular complexity index is 1410. The van der Waals surface area contributed by atoms with E-state index in [2.05, 4.69) is 43.5 Å². The monoisotopic (exact) mass is 469 g/mol. The number of H-pyrrole nitrogens is 1. The van der Waals surface area contributed by atoms with Gasteiger partial charge in [-0.3, -0.25) is 9.78 Å². The summed E-state index contributed by atoms with van der Waals surface area (Å²) in [5.74, 6) is 1.34. The van der Waals surface area contributed by atoms with E-state index in [0.717, 1.165) is 65.3 Å². The van der Waals surface area contributed by atoms with Crippen LogP contribution in [0.5, 0.6) is 5.75 Å². The van der Waals surface area contributed by atoms with Crippen LogP contribution in [0.1, 0.15) is 15.9 Å². The van der Waals surface area contributed by atoms with E-state index in [-0.39, 0.29) is 5.91 Å². The highest BCUT2D eigenvalue weighted by atomic mass is 16.5. The second-order valence-corrected chi connectivity index (χ2v) is 8.99. The summed E-state index contributed by atoms with van der Waals surface area (Å²) in [5, 5.41) is 7.27. The number of nitrogens with zero attached hydrogens (tertiary/aromatic N) is 4. The molecule has 0 bridgehead atoms. The fourth-order valence-electron chi connectivity index (χ4n) is 4.84. The van der Waals surface area contributed by atoms with Crippen molar-refractivity contribution < 1.29 is 9.53 Å². The number of aromatic amines is 1. The number of benzene rings is 1. The van der Waals surface area contributed by atoms with Crippen molar-refractivity contribution in [3.05, 3.63) is 60.0 Å². The van der Waals surface area contributed by atoms with Crippen LogP contribution < -0.4 is 20.3 Å². The van der Waals surface area contributed by atoms with Gasteiger partial charge in [-0.05, 0) is 37.4 Å². The standard InChI is InChI=1S/C26H27N7O2/c1-32-7-9-33(10-8-32)16-3-6-23(28-12-16)31-22-15-29-25(20-14-30-26(34)24(20)22)19-13-27-21-5-4-17(35-2)11-18(19)21/h3-6,11-13,15,27H,7-10,14H2,1-2H3,(H,28,31)(H,30,34). The van der Waals surface area contributed by atoms with Crippen molar-refractivity contribution in [1.29, 1.82) is 0 Å². The van der Waals surface area contributed by atoms with Crippen LogP contribution in [0.2, 0.25) is 0 Å². The maximum atomic E-state index is 12.8. The Morgan fingerprint density at radius 3 is 2.69 bits per heavy atom. The van der Waals surface area contributed by atoms with Crippen LogP contribution in [0.4, 0.5) is 17.2 Å². The van der Waals surface area contributed by atoms with Crippen LogP contribution >= 0.6 is 0 Å². The smallest absolute Gasteiger partial charge is 0.254 e. The molecule has 4 aromatic rings. The Labute approximate surface area is 203 Å². The number of ether oxygens (including phenoxy) is 1. The van der Waals surface area contributed by atoms with E-state index in [4.69, 9.17) is 9.72 Å². The van der Waals surface area contributed by atoms with Crippen LogP contribution in [0, 0.1) is 0 Å². The fraction of sp³-hybridized carbons (Fsp3) is 0.269. The Hall–Kier alpha value is -4.11. The van der Waals surface area contributed by atoms with Crippen molar-refractivity contribution in [3.63, 3.8) is 0 Å². The number of aromatic nitrogens is 3. The average Bonchev–Trinajstić information content (AvgIpc) is 3.49. The summed E-state index contributed by atoms with van der Waals surface area (Å²) < 4.78 is 5.41. The number of hydrogen-bond donors (Lipinski definition) is 3. The van der Waals surface area contributed by atoms with Gasteiger partial charge in [-0.25, -0.2) is 4.98 Å². The first kappa shape index (κ1) is 21.4. The van der Waals surface area contributed by atoms with Crippen molar-refractivity contribution in [2.45, 2.75) is 6.54 Å². The number of methoxy groups -OCH3 is 1. The van der Waals surface area contributed by atoms with Gasteiger partial charge in [0.2, 0.25) is 0 Å². The predicted molar refractivity (Wildman–Crippen MR) is 136 cm³/mol. The summed E-state index contributed by atoms with van der Waals surface area (Å²) in [4.78, 5) is 30.2. The SMILES string of the molecule is COc1ccc2[nH]cc(-c3ncc(Nc4ccc(N5CCN(C)CC5)cn4)c4c3CNC4=O)c2c1. The van der Waals surface area contributed by atoms with E-state index < -0.39 is 0 Å². The first-order chi connectivity index (χ1) is 17.1. The molecule has 1 amide bonds. The molecule has 9 nitrogen and oxygen atoms in total. The van der Waals surface area contributed by atoms with Crippen LogP contribution in [0.15, 0.2) is 48.9 Å². The van der Waals surface area contributed by atoms with Gasteiger partial charge < -0.3 is 30.2 Å². The third-order valence-electron chi connectivity index (χ3n) is 6.86. The summed E-state index contributed by atoms with van der Waals surface area (Å²) >= 11 is 0. The maximum absolute atomic E-state index is 12.8. The van der Waals surface area contributed by atoms with Crippen molar-refractivity contribution in [2.75, 3.05) is 50.6 Å². The number of likely N-dealkylation sites (N-methyl/N-ethyl adjacent to an activating group) is 1. The summed E-state index contributed by atoms with van der Waals surface area (Å²) in [6.07, 6.45) is 5.53. The number of carbonyl (C=O) groups excluding carboxylic acids is 1. The van der Waals surface area contributed by atoms with Gasteiger partial charge in [-0.2, -0.15) is 0 Å². The van der Waals surface area contributed by atoms with Gasteiger partial charge in [0, 0.05) is 61.0 Å². The molecule has 3 aromatic heterocycles. The molecular weight excluding hydrogens is 442 g/mol. The molecule has 178 valence electrons. The largest absolute Gasteiger partial charge is 0.497 e. The number of nitrogens with one attached hydrogen (secondary N) is 3. The van der Waals surface area contributed by atoms with Gasteiger partial charge in [-0.1, -0.05) is 0 Å². The van der Waals surface area contributed by atoms with E-state index in [9.17, 15) is 4.79 Å². The van der Waals surface area contributed by atoms with Crippen molar-refractivity contribution in [2.24, 2.45) is 0 Å². The summed E-state index contributed by atoms with van der Waals surface area (Å²) in [7, 11) is 3.80. The molecule has 1 aromatic carbocycles. The lowest BCUT2D eigenvalue weighted by molar-refractivity contribution is 0.0966. The average molecular weight is 470 g/mol. The molecule has 9 heteroatoms. The zero-order valence-corrected chi connectivity index (χ0v) is 19.8. The minimum Gasteiger partial charge on any atom is -0.497 e. The zero-order valence-electron chi connectivity index (χ0n) is 19.8. The van der Waals surface area contributed by atoms with Gasteiger partial charge in [-0.15, -0.1) is 0 Å². The molecule has 35 heavy (non-hydrogen) atoms. The molecule has 0 unspecified atom stereocenters. The molecule has 2 aliphatic heterocycles. The molecule has 1 fully saturated rings. The zero-order chi connectivity index (χ0) is 23.9. The van der Waals surface area contributed by atoms with Crippen LogP contribution in [-0.4, -0.2) is 66.1 Å². The lowest BCUT2D eigenvalue weighted by Gasteiger charge is -2.33. The lowest BCUT2D eigenvalue weighted by Crippen LogP contribution is -2.44. The number of rotatable bonds is 5. The number of piperazine rings is 1. The number of carbonyl (C=O) groups is 1. The molecule has 0 atom stereocenters. The van der Waals surface area contributed by atoms with Crippen molar-refractivity contribution >= 4 is 34.0 Å². The lowest BCUT2D eigenvalue weighted by atomic mass is 10.0. The summed E-state index contributed by atoms with van der Waals surface area (Å²) in [6, 6.07) is 9.90. The molecular formula is C26H27N7O2. The minimum absolute atomic E-state index is 0.113. The highest BCUT2D eigenvalue weighted by molar-refractivity contribution is 6.07. The van der Waals surface area contributed by atoms with E-state index >= 15 is 0 Å². The topological polar surface area (TPSA) is 98.4 Å². The molecule has 6 rings (SSSR count). The first-order valence-corrected chi connectivity index (χ1v) is 11.7. The molecule has 1 saturated heterocycles. The van der Waals surface area contributed by atoms with E-state index in [1.165, 1.54) is 0 Å². The molecule has 0 aliphatic carbocycles. The molecule has 0 saturated carbocycles.